The van der Waals surface area contributed by atoms with Gasteiger partial charge in [-0.1, -0.05) is 13.3 Å². The number of benzene rings is 1. The first-order chi connectivity index (χ1) is 11.7. The number of piperidine rings is 3. The van der Waals surface area contributed by atoms with Crippen molar-refractivity contribution in [3.63, 3.8) is 0 Å². The number of aliphatic hydroxyl groups is 1. The van der Waals surface area contributed by atoms with Crippen LogP contribution in [-0.2, 0) is 0 Å². The van der Waals surface area contributed by atoms with Gasteiger partial charge in [0.2, 0.25) is 0 Å². The molecule has 3 aliphatic heterocycles. The van der Waals surface area contributed by atoms with Crippen molar-refractivity contribution in [2.45, 2.75) is 38.3 Å². The molecule has 4 heterocycles. The van der Waals surface area contributed by atoms with Crippen molar-refractivity contribution in [1.29, 1.82) is 0 Å². The van der Waals surface area contributed by atoms with Crippen LogP contribution in [0.25, 0.3) is 10.9 Å². The maximum atomic E-state index is 11.2. The molecule has 144 valence electrons. The summed E-state index contributed by atoms with van der Waals surface area (Å²) in [6.07, 6.45) is 4.97. The number of aromatic nitrogens is 1. The Bertz CT molecular complexity index is 742. The van der Waals surface area contributed by atoms with E-state index in [1.165, 1.54) is 12.8 Å². The fourth-order valence-corrected chi connectivity index (χ4v) is 4.71. The van der Waals surface area contributed by atoms with Gasteiger partial charge in [-0.05, 0) is 61.1 Å². The zero-order valence-corrected chi connectivity index (χ0v) is 17.1. The average Bonchev–Trinajstić information content (AvgIpc) is 2.66. The van der Waals surface area contributed by atoms with Crippen LogP contribution >= 0.6 is 17.0 Å². The van der Waals surface area contributed by atoms with E-state index in [2.05, 4.69) is 16.8 Å². The van der Waals surface area contributed by atoms with Crippen LogP contribution in [0.15, 0.2) is 30.5 Å². The normalized spacial score (nSPS) is 28.1. The fourth-order valence-electron chi connectivity index (χ4n) is 4.71. The Morgan fingerprint density at radius 2 is 2.15 bits per heavy atom. The van der Waals surface area contributed by atoms with Gasteiger partial charge in [0.05, 0.1) is 18.7 Å². The molecule has 3 saturated heterocycles. The number of ether oxygens (including phenoxy) is 1. The molecular weight excluding hydrogens is 396 g/mol. The van der Waals surface area contributed by atoms with Gasteiger partial charge in [0.1, 0.15) is 5.75 Å². The summed E-state index contributed by atoms with van der Waals surface area (Å²) in [6.45, 7) is 4.55. The van der Waals surface area contributed by atoms with Crippen LogP contribution in [-0.4, -0.2) is 46.7 Å². The highest BCUT2D eigenvalue weighted by molar-refractivity contribution is 8.93. The molecule has 0 radical (unpaired) electrons. The average molecular weight is 425 g/mol. The number of nitrogens with zero attached hydrogens (tertiary/aromatic N) is 2. The molecule has 5 atom stereocenters. The Morgan fingerprint density at radius 1 is 1.35 bits per heavy atom. The Morgan fingerprint density at radius 3 is 2.81 bits per heavy atom. The van der Waals surface area contributed by atoms with Gasteiger partial charge in [0.25, 0.3) is 0 Å². The number of rotatable bonds is 4. The SMILES string of the molecule is Br.CC[C@H]1CN2CC[C@H]1C[C@H]2[C@@H](O)c1ccnc2ccc(OC)cc12.O. The van der Waals surface area contributed by atoms with Gasteiger partial charge in [0.15, 0.2) is 0 Å². The summed E-state index contributed by atoms with van der Waals surface area (Å²) in [5.74, 6) is 2.37. The smallest absolute Gasteiger partial charge is 0.119 e. The Hall–Kier alpha value is -1.21. The molecule has 5 rings (SSSR count). The van der Waals surface area contributed by atoms with Crippen LogP contribution in [0.1, 0.15) is 37.9 Å². The predicted octanol–water partition coefficient (Wildman–Crippen LogP) is 3.15. The van der Waals surface area contributed by atoms with Gasteiger partial charge >= 0.3 is 0 Å². The maximum Gasteiger partial charge on any atom is 0.119 e. The van der Waals surface area contributed by atoms with E-state index in [1.807, 2.05) is 24.3 Å². The number of methoxy groups -OCH3 is 1. The largest absolute Gasteiger partial charge is 0.497 e. The molecule has 3 N–H and O–H groups in total. The minimum Gasteiger partial charge on any atom is -0.497 e. The maximum absolute atomic E-state index is 11.2. The van der Waals surface area contributed by atoms with E-state index in [4.69, 9.17) is 4.74 Å². The molecule has 1 unspecified atom stereocenters. The number of halogens is 1. The number of hydrogen-bond donors (Lipinski definition) is 1. The molecular formula is C20H29BrN2O3. The van der Waals surface area contributed by atoms with Crippen molar-refractivity contribution >= 4 is 27.9 Å². The van der Waals surface area contributed by atoms with E-state index in [0.717, 1.165) is 53.6 Å². The van der Waals surface area contributed by atoms with Crippen molar-refractivity contribution in [3.8, 4) is 5.75 Å². The molecule has 0 amide bonds. The zero-order chi connectivity index (χ0) is 16.7. The van der Waals surface area contributed by atoms with Gasteiger partial charge in [-0.3, -0.25) is 9.88 Å². The summed E-state index contributed by atoms with van der Waals surface area (Å²) in [7, 11) is 1.67. The van der Waals surface area contributed by atoms with Crippen molar-refractivity contribution < 1.29 is 15.3 Å². The Kier molecular flexibility index (Phi) is 7.02. The van der Waals surface area contributed by atoms with Crippen molar-refractivity contribution in [1.82, 2.24) is 9.88 Å². The van der Waals surface area contributed by atoms with Gasteiger partial charge in [-0.25, -0.2) is 0 Å². The third-order valence-corrected chi connectivity index (χ3v) is 6.13. The summed E-state index contributed by atoms with van der Waals surface area (Å²) >= 11 is 0. The third-order valence-electron chi connectivity index (χ3n) is 6.13. The van der Waals surface area contributed by atoms with E-state index in [0.29, 0.717) is 0 Å². The molecule has 2 aromatic rings. The van der Waals surface area contributed by atoms with Crippen molar-refractivity contribution in [2.24, 2.45) is 11.8 Å². The first-order valence-corrected chi connectivity index (χ1v) is 9.06. The van der Waals surface area contributed by atoms with Crippen LogP contribution in [0.3, 0.4) is 0 Å². The second-order valence-electron chi connectivity index (χ2n) is 7.24. The molecule has 0 aliphatic carbocycles. The van der Waals surface area contributed by atoms with Crippen LogP contribution in [0.5, 0.6) is 5.75 Å². The molecule has 1 aromatic heterocycles. The quantitative estimate of drug-likeness (QED) is 0.817. The minimum atomic E-state index is -0.469. The van der Waals surface area contributed by atoms with Crippen LogP contribution in [0.2, 0.25) is 0 Å². The number of pyridine rings is 1. The van der Waals surface area contributed by atoms with Crippen LogP contribution in [0.4, 0.5) is 0 Å². The molecule has 0 saturated carbocycles. The molecule has 1 aromatic carbocycles. The summed E-state index contributed by atoms with van der Waals surface area (Å²) < 4.78 is 5.36. The van der Waals surface area contributed by atoms with Gasteiger partial charge < -0.3 is 15.3 Å². The predicted molar refractivity (Wildman–Crippen MR) is 109 cm³/mol. The van der Waals surface area contributed by atoms with Crippen molar-refractivity contribution in [3.05, 3.63) is 36.0 Å². The minimum absolute atomic E-state index is 0. The number of fused-ring (bicyclic) bond motifs is 4. The Balaban J connectivity index is 0.00000121. The lowest BCUT2D eigenvalue weighted by Crippen LogP contribution is -2.55. The summed E-state index contributed by atoms with van der Waals surface area (Å²) in [5.41, 5.74) is 1.89. The standard InChI is InChI=1S/C20H26N2O2.BrH.H2O/c1-3-13-12-22-9-7-14(13)10-19(22)20(23)16-6-8-21-18-5-4-15(24-2)11-17(16)18;;/h4-6,8,11,13-14,19-20,23H,3,7,9-10,12H2,1-2H3;1H;1H2/t13-,14-,19-,20-;;/m0../s1. The summed E-state index contributed by atoms with van der Waals surface area (Å²) in [6, 6.07) is 8.07. The lowest BCUT2D eigenvalue weighted by atomic mass is 9.72. The fraction of sp³-hybridized carbons (Fsp3) is 0.550. The first kappa shape index (κ1) is 21.1. The molecule has 3 fully saturated rings. The lowest BCUT2D eigenvalue weighted by molar-refractivity contribution is -0.0562. The van der Waals surface area contributed by atoms with E-state index in [1.54, 1.807) is 13.3 Å². The second-order valence-corrected chi connectivity index (χ2v) is 7.24. The third kappa shape index (κ3) is 3.60. The Labute approximate surface area is 165 Å². The molecule has 26 heavy (non-hydrogen) atoms. The monoisotopic (exact) mass is 424 g/mol. The molecule has 5 nitrogen and oxygen atoms in total. The highest BCUT2D eigenvalue weighted by atomic mass is 79.9. The highest BCUT2D eigenvalue weighted by Gasteiger charge is 2.42. The second kappa shape index (κ2) is 8.65. The van der Waals surface area contributed by atoms with Gasteiger partial charge in [-0.15, -0.1) is 17.0 Å². The van der Waals surface area contributed by atoms with Crippen LogP contribution in [0, 0.1) is 11.8 Å². The number of hydrogen-bond acceptors (Lipinski definition) is 4. The topological polar surface area (TPSA) is 77.1 Å². The summed E-state index contributed by atoms with van der Waals surface area (Å²) in [5, 5.41) is 12.2. The van der Waals surface area contributed by atoms with Gasteiger partial charge in [-0.2, -0.15) is 0 Å². The van der Waals surface area contributed by atoms with Crippen LogP contribution < -0.4 is 4.74 Å². The zero-order valence-electron chi connectivity index (χ0n) is 15.4. The lowest BCUT2D eigenvalue weighted by Gasteiger charge is -2.51. The first-order valence-electron chi connectivity index (χ1n) is 9.06. The molecule has 0 spiro atoms. The summed E-state index contributed by atoms with van der Waals surface area (Å²) in [4.78, 5) is 6.94. The molecule has 3 aliphatic rings. The van der Waals surface area contributed by atoms with Crippen molar-refractivity contribution in [2.75, 3.05) is 20.2 Å². The van der Waals surface area contributed by atoms with E-state index >= 15 is 0 Å². The number of aliphatic hydroxyl groups excluding tert-OH is 1. The molecule has 6 heteroatoms. The van der Waals surface area contributed by atoms with E-state index < -0.39 is 6.10 Å². The highest BCUT2D eigenvalue weighted by Crippen LogP contribution is 2.42. The van der Waals surface area contributed by atoms with Gasteiger partial charge in [0, 0.05) is 24.2 Å². The molecule has 2 bridgehead atoms. The van der Waals surface area contributed by atoms with E-state index in [9.17, 15) is 5.11 Å². The van der Waals surface area contributed by atoms with E-state index in [-0.39, 0.29) is 28.5 Å².